The Morgan fingerprint density at radius 2 is 2.22 bits per heavy atom. The van der Waals surface area contributed by atoms with Crippen LogP contribution >= 0.6 is 0 Å². The second-order valence-corrected chi connectivity index (χ2v) is 4.79. The zero-order chi connectivity index (χ0) is 17.6. The molecule has 11 nitrogen and oxygen atoms in total. The molecule has 0 aliphatic carbocycles. The van der Waals surface area contributed by atoms with E-state index < -0.39 is 48.9 Å². The third-order valence-electron chi connectivity index (χ3n) is 3.13. The topological polar surface area (TPSA) is 174 Å². The van der Waals surface area contributed by atoms with Crippen molar-refractivity contribution in [2.75, 3.05) is 13.7 Å². The molecule has 1 heterocycles. The predicted molar refractivity (Wildman–Crippen MR) is 74.6 cm³/mol. The number of nitrogens with zero attached hydrogens (tertiary/aromatic N) is 3. The maximum Gasteiger partial charge on any atom is 0.373 e. The number of hydrogen-bond acceptors (Lipinski definition) is 8. The lowest BCUT2D eigenvalue weighted by Crippen LogP contribution is -2.59. The summed E-state index contributed by atoms with van der Waals surface area (Å²) < 4.78 is 9.72. The Hall–Kier alpha value is -2.33. The highest BCUT2D eigenvalue weighted by atomic mass is 16.6. The minimum absolute atomic E-state index is 0.373. The Morgan fingerprint density at radius 1 is 1.57 bits per heavy atom. The molecule has 128 valence electrons. The van der Waals surface area contributed by atoms with Crippen LogP contribution in [-0.4, -0.2) is 71.3 Å². The summed E-state index contributed by atoms with van der Waals surface area (Å²) in [4.78, 5) is 25.2. The van der Waals surface area contributed by atoms with Crippen LogP contribution in [0.3, 0.4) is 0 Å². The van der Waals surface area contributed by atoms with Crippen molar-refractivity contribution in [3.05, 3.63) is 22.3 Å². The molecule has 5 atom stereocenters. The van der Waals surface area contributed by atoms with Gasteiger partial charge in [-0.2, -0.15) is 0 Å². The van der Waals surface area contributed by atoms with E-state index in [1.165, 1.54) is 6.92 Å². The SMILES string of the molecule is COC(=O)C1=C[C@H](O)[C@@H](NC(C)=O)[C@H]([C@@H](O)[C@H](O)CN=[N+]=[N-])O1. The largest absolute Gasteiger partial charge is 0.478 e. The molecule has 0 aromatic rings. The van der Waals surface area contributed by atoms with E-state index >= 15 is 0 Å². The zero-order valence-corrected chi connectivity index (χ0v) is 12.5. The Morgan fingerprint density at radius 3 is 2.74 bits per heavy atom. The van der Waals surface area contributed by atoms with Gasteiger partial charge in [-0.15, -0.1) is 0 Å². The molecule has 0 aromatic heterocycles. The molecule has 0 unspecified atom stereocenters. The highest BCUT2D eigenvalue weighted by Crippen LogP contribution is 2.23. The number of nitrogens with one attached hydrogen (secondary N) is 1. The van der Waals surface area contributed by atoms with Gasteiger partial charge in [-0.3, -0.25) is 4.79 Å². The first-order chi connectivity index (χ1) is 10.8. The number of carbonyl (C=O) groups is 2. The normalized spacial score (nSPS) is 26.0. The summed E-state index contributed by atoms with van der Waals surface area (Å²) in [7, 11) is 1.10. The molecular weight excluding hydrogens is 312 g/mol. The van der Waals surface area contributed by atoms with Gasteiger partial charge in [-0.25, -0.2) is 4.79 Å². The minimum atomic E-state index is -1.65. The molecular formula is C12H18N4O7. The van der Waals surface area contributed by atoms with Crippen molar-refractivity contribution >= 4 is 11.9 Å². The first-order valence-corrected chi connectivity index (χ1v) is 6.60. The standard InChI is InChI=1S/C12H18N4O7/c1-5(17)15-9-6(18)3-8(12(21)22-2)23-11(9)10(20)7(19)4-14-16-13/h3,6-7,9-11,18-20H,4H2,1-2H3,(H,15,17)/t6-,7+,9+,10-,11+/m0/s1. The first-order valence-electron chi connectivity index (χ1n) is 6.60. The van der Waals surface area contributed by atoms with Gasteiger partial charge in [-0.1, -0.05) is 5.11 Å². The fourth-order valence-electron chi connectivity index (χ4n) is 2.06. The number of aliphatic hydroxyl groups is 3. The number of methoxy groups -OCH3 is 1. The van der Waals surface area contributed by atoms with Gasteiger partial charge >= 0.3 is 5.97 Å². The summed E-state index contributed by atoms with van der Waals surface area (Å²) in [6.45, 7) is 0.726. The first kappa shape index (κ1) is 18.7. The average Bonchev–Trinajstić information content (AvgIpc) is 2.52. The van der Waals surface area contributed by atoms with Gasteiger partial charge in [0.05, 0.1) is 25.8 Å². The van der Waals surface area contributed by atoms with Crippen molar-refractivity contribution in [3.63, 3.8) is 0 Å². The maximum atomic E-state index is 11.5. The highest BCUT2D eigenvalue weighted by Gasteiger charge is 2.43. The lowest BCUT2D eigenvalue weighted by Gasteiger charge is -2.38. The fraction of sp³-hybridized carbons (Fsp3) is 0.667. The van der Waals surface area contributed by atoms with Gasteiger partial charge < -0.3 is 30.1 Å². The summed E-state index contributed by atoms with van der Waals surface area (Å²) in [5.74, 6) is -1.79. The maximum absolute atomic E-state index is 11.5. The Labute approximate surface area is 131 Å². The van der Waals surface area contributed by atoms with Crippen LogP contribution < -0.4 is 5.32 Å². The third-order valence-corrected chi connectivity index (χ3v) is 3.13. The monoisotopic (exact) mass is 330 g/mol. The van der Waals surface area contributed by atoms with Crippen LogP contribution in [0.25, 0.3) is 10.4 Å². The van der Waals surface area contributed by atoms with Crippen molar-refractivity contribution in [3.8, 4) is 0 Å². The second-order valence-electron chi connectivity index (χ2n) is 4.79. The second kappa shape index (κ2) is 8.34. The van der Waals surface area contributed by atoms with E-state index in [4.69, 9.17) is 10.3 Å². The number of azide groups is 1. The van der Waals surface area contributed by atoms with Crippen molar-refractivity contribution < 1.29 is 34.4 Å². The zero-order valence-electron chi connectivity index (χ0n) is 12.5. The molecule has 0 saturated heterocycles. The number of aliphatic hydroxyl groups excluding tert-OH is 3. The molecule has 1 rings (SSSR count). The van der Waals surface area contributed by atoms with Gasteiger partial charge in [0, 0.05) is 11.8 Å². The van der Waals surface area contributed by atoms with E-state index in [0.29, 0.717) is 0 Å². The van der Waals surface area contributed by atoms with E-state index in [1.807, 2.05) is 0 Å². The molecule has 0 fully saturated rings. The third kappa shape index (κ3) is 4.83. The van der Waals surface area contributed by atoms with Gasteiger partial charge in [0.1, 0.15) is 12.2 Å². The van der Waals surface area contributed by atoms with Crippen molar-refractivity contribution in [2.45, 2.75) is 37.4 Å². The van der Waals surface area contributed by atoms with Crippen molar-refractivity contribution in [1.29, 1.82) is 0 Å². The van der Waals surface area contributed by atoms with Crippen LogP contribution in [-0.2, 0) is 19.1 Å². The molecule has 0 saturated carbocycles. The number of esters is 1. The summed E-state index contributed by atoms with van der Waals surface area (Å²) in [6.07, 6.45) is -4.89. The van der Waals surface area contributed by atoms with E-state index in [2.05, 4.69) is 20.1 Å². The molecule has 1 amide bonds. The average molecular weight is 330 g/mol. The Kier molecular flexibility index (Phi) is 6.79. The minimum Gasteiger partial charge on any atom is -0.478 e. The number of carbonyl (C=O) groups excluding carboxylic acids is 2. The quantitative estimate of drug-likeness (QED) is 0.195. The molecule has 0 aromatic carbocycles. The summed E-state index contributed by atoms with van der Waals surface area (Å²) in [6, 6.07) is -1.13. The Balaban J connectivity index is 3.05. The number of rotatable bonds is 6. The van der Waals surface area contributed by atoms with E-state index in [9.17, 15) is 24.9 Å². The number of amides is 1. The van der Waals surface area contributed by atoms with Gasteiger partial charge in [0.15, 0.2) is 6.10 Å². The van der Waals surface area contributed by atoms with Crippen molar-refractivity contribution in [2.24, 2.45) is 5.11 Å². The van der Waals surface area contributed by atoms with Crippen LogP contribution in [0, 0.1) is 0 Å². The summed E-state index contributed by atoms with van der Waals surface area (Å²) in [5.41, 5.74) is 8.23. The van der Waals surface area contributed by atoms with Crippen LogP contribution in [0.5, 0.6) is 0 Å². The molecule has 4 N–H and O–H groups in total. The fourth-order valence-corrected chi connectivity index (χ4v) is 2.06. The summed E-state index contributed by atoms with van der Waals surface area (Å²) in [5, 5.41) is 35.5. The van der Waals surface area contributed by atoms with Crippen LogP contribution in [0.1, 0.15) is 6.92 Å². The molecule has 1 aliphatic rings. The lowest BCUT2D eigenvalue weighted by molar-refractivity contribution is -0.150. The molecule has 0 bridgehead atoms. The van der Waals surface area contributed by atoms with Gasteiger partial charge in [0.25, 0.3) is 0 Å². The Bertz CT molecular complexity index is 532. The van der Waals surface area contributed by atoms with E-state index in [-0.39, 0.29) is 5.76 Å². The highest BCUT2D eigenvalue weighted by molar-refractivity contribution is 5.86. The van der Waals surface area contributed by atoms with Gasteiger partial charge in [-0.05, 0) is 11.6 Å². The predicted octanol–water partition coefficient (Wildman–Crippen LogP) is -1.66. The molecule has 0 spiro atoms. The number of hydrogen-bond donors (Lipinski definition) is 4. The molecule has 11 heteroatoms. The van der Waals surface area contributed by atoms with Crippen LogP contribution in [0.4, 0.5) is 0 Å². The van der Waals surface area contributed by atoms with E-state index in [1.54, 1.807) is 0 Å². The number of ether oxygens (including phenoxy) is 2. The van der Waals surface area contributed by atoms with Crippen molar-refractivity contribution in [1.82, 2.24) is 5.32 Å². The summed E-state index contributed by atoms with van der Waals surface area (Å²) >= 11 is 0. The smallest absolute Gasteiger partial charge is 0.373 e. The van der Waals surface area contributed by atoms with Crippen LogP contribution in [0.15, 0.2) is 16.9 Å². The molecule has 1 aliphatic heterocycles. The van der Waals surface area contributed by atoms with Gasteiger partial charge in [0.2, 0.25) is 11.7 Å². The van der Waals surface area contributed by atoms with Crippen LogP contribution in [0.2, 0.25) is 0 Å². The lowest BCUT2D eigenvalue weighted by atomic mass is 9.93. The molecule has 0 radical (unpaired) electrons. The molecule has 23 heavy (non-hydrogen) atoms. The van der Waals surface area contributed by atoms with E-state index in [0.717, 1.165) is 13.2 Å².